The Balaban J connectivity index is 1.48. The zero-order valence-electron chi connectivity index (χ0n) is 19.8. The van der Waals surface area contributed by atoms with Gasteiger partial charge in [-0.1, -0.05) is 24.3 Å². The molecule has 4 aromatic rings. The molecule has 8 heteroatoms. The molecular weight excluding hydrogens is 449 g/mol. The third-order valence-corrected chi connectivity index (χ3v) is 6.17. The molecule has 0 bridgehead atoms. The van der Waals surface area contributed by atoms with Crippen LogP contribution in [0, 0.1) is 5.82 Å². The predicted molar refractivity (Wildman–Crippen MR) is 129 cm³/mol. The number of aromatic nitrogens is 2. The first-order valence-corrected chi connectivity index (χ1v) is 11.5. The Hall–Kier alpha value is -3.62. The molecule has 7 nitrogen and oxygen atoms in total. The van der Waals surface area contributed by atoms with E-state index in [9.17, 15) is 9.90 Å². The number of hydrogen-bond acceptors (Lipinski definition) is 6. The van der Waals surface area contributed by atoms with Gasteiger partial charge in [-0.2, -0.15) is 0 Å². The Labute approximate surface area is 202 Å². The van der Waals surface area contributed by atoms with E-state index in [-0.39, 0.29) is 23.1 Å². The van der Waals surface area contributed by atoms with Crippen molar-refractivity contribution in [2.75, 3.05) is 19.7 Å². The van der Waals surface area contributed by atoms with Gasteiger partial charge in [-0.05, 0) is 39.0 Å². The summed E-state index contributed by atoms with van der Waals surface area (Å²) in [4.78, 5) is 23.2. The van der Waals surface area contributed by atoms with Gasteiger partial charge in [0.2, 0.25) is 0 Å². The monoisotopic (exact) mass is 475 g/mol. The summed E-state index contributed by atoms with van der Waals surface area (Å²) in [6, 6.07) is 13.8. The fourth-order valence-electron chi connectivity index (χ4n) is 4.34. The molecule has 180 valence electrons. The standard InChI is InChI=1S/C27H26FN3O4/c1-16-14-31(11-12-34-16)26(32)18-9-7-17(8-10-18)22-13-21-25(35-22)24(30-15-29-21)19-5-4-6-20(23(19)28)27(2,3)33/h4-10,13,15-16,33H,11-12,14H2,1-3H3/t16-/m1/s1. The average molecular weight is 476 g/mol. The minimum Gasteiger partial charge on any atom is -0.452 e. The Kier molecular flexibility index (Phi) is 5.86. The van der Waals surface area contributed by atoms with Gasteiger partial charge in [0.05, 0.1) is 18.3 Å². The van der Waals surface area contributed by atoms with E-state index in [0.29, 0.717) is 47.8 Å². The van der Waals surface area contributed by atoms with Crippen molar-refractivity contribution in [2.45, 2.75) is 32.5 Å². The van der Waals surface area contributed by atoms with Crippen LogP contribution in [0.4, 0.5) is 4.39 Å². The normalized spacial score (nSPS) is 16.6. The van der Waals surface area contributed by atoms with Gasteiger partial charge in [0.1, 0.15) is 29.1 Å². The Bertz CT molecular complexity index is 1390. The van der Waals surface area contributed by atoms with Crippen molar-refractivity contribution in [3.05, 3.63) is 71.8 Å². The van der Waals surface area contributed by atoms with E-state index >= 15 is 4.39 Å². The van der Waals surface area contributed by atoms with Crippen LogP contribution >= 0.6 is 0 Å². The summed E-state index contributed by atoms with van der Waals surface area (Å²) >= 11 is 0. The van der Waals surface area contributed by atoms with Crippen molar-refractivity contribution in [2.24, 2.45) is 0 Å². The van der Waals surface area contributed by atoms with E-state index in [1.54, 1.807) is 41.3 Å². The van der Waals surface area contributed by atoms with Crippen LogP contribution < -0.4 is 0 Å². The fourth-order valence-corrected chi connectivity index (χ4v) is 4.34. The SMILES string of the molecule is C[C@@H]1CN(C(=O)c2ccc(-c3cc4ncnc(-c5cccc(C(C)(C)O)c5F)c4o3)cc2)CCO1. The Morgan fingerprint density at radius 1 is 1.17 bits per heavy atom. The lowest BCUT2D eigenvalue weighted by Gasteiger charge is -2.31. The second kappa shape index (κ2) is 8.87. The molecule has 1 fully saturated rings. The number of nitrogens with zero attached hydrogens (tertiary/aromatic N) is 3. The van der Waals surface area contributed by atoms with Crippen molar-refractivity contribution in [1.29, 1.82) is 0 Å². The lowest BCUT2D eigenvalue weighted by atomic mass is 9.94. The molecule has 0 spiro atoms. The number of hydrogen-bond donors (Lipinski definition) is 1. The highest BCUT2D eigenvalue weighted by Crippen LogP contribution is 2.35. The number of ether oxygens (including phenoxy) is 1. The number of halogens is 1. The molecule has 1 aliphatic rings. The molecular formula is C27H26FN3O4. The average Bonchev–Trinajstić information content (AvgIpc) is 3.28. The largest absolute Gasteiger partial charge is 0.452 e. The molecule has 1 aliphatic heterocycles. The summed E-state index contributed by atoms with van der Waals surface area (Å²) in [5.74, 6) is -0.0651. The van der Waals surface area contributed by atoms with Crippen LogP contribution in [0.25, 0.3) is 33.7 Å². The van der Waals surface area contributed by atoms with Gasteiger partial charge >= 0.3 is 0 Å². The van der Waals surface area contributed by atoms with E-state index < -0.39 is 11.4 Å². The van der Waals surface area contributed by atoms with E-state index in [4.69, 9.17) is 9.15 Å². The first kappa shape index (κ1) is 23.1. The van der Waals surface area contributed by atoms with Crippen LogP contribution in [0.2, 0.25) is 0 Å². The van der Waals surface area contributed by atoms with E-state index in [0.717, 1.165) is 5.56 Å². The van der Waals surface area contributed by atoms with Gasteiger partial charge in [-0.15, -0.1) is 0 Å². The summed E-state index contributed by atoms with van der Waals surface area (Å²) in [5.41, 5.74) is 1.56. The number of carbonyl (C=O) groups excluding carboxylic acids is 1. The summed E-state index contributed by atoms with van der Waals surface area (Å²) in [7, 11) is 0. The number of benzene rings is 2. The van der Waals surface area contributed by atoms with Gasteiger partial charge in [-0.25, -0.2) is 14.4 Å². The van der Waals surface area contributed by atoms with Crippen LogP contribution in [0.15, 0.2) is 59.3 Å². The number of morpholine rings is 1. The molecule has 5 rings (SSSR count). The lowest BCUT2D eigenvalue weighted by molar-refractivity contribution is -0.0124. The molecule has 0 saturated carbocycles. The molecule has 1 N–H and O–H groups in total. The maximum atomic E-state index is 15.3. The van der Waals surface area contributed by atoms with Crippen molar-refractivity contribution in [3.8, 4) is 22.6 Å². The first-order valence-electron chi connectivity index (χ1n) is 11.5. The number of furan rings is 1. The molecule has 0 unspecified atom stereocenters. The number of rotatable bonds is 4. The predicted octanol–water partition coefficient (Wildman–Crippen LogP) is 4.78. The highest BCUT2D eigenvalue weighted by molar-refractivity contribution is 5.95. The van der Waals surface area contributed by atoms with Gasteiger partial charge in [0.15, 0.2) is 5.58 Å². The number of amides is 1. The lowest BCUT2D eigenvalue weighted by Crippen LogP contribution is -2.44. The highest BCUT2D eigenvalue weighted by atomic mass is 19.1. The third kappa shape index (κ3) is 4.42. The molecule has 1 amide bonds. The Morgan fingerprint density at radius 3 is 2.66 bits per heavy atom. The number of aliphatic hydroxyl groups is 1. The van der Waals surface area contributed by atoms with Crippen LogP contribution in [0.3, 0.4) is 0 Å². The molecule has 2 aromatic carbocycles. The highest BCUT2D eigenvalue weighted by Gasteiger charge is 2.25. The molecule has 0 radical (unpaired) electrons. The Morgan fingerprint density at radius 2 is 1.94 bits per heavy atom. The molecule has 1 saturated heterocycles. The zero-order chi connectivity index (χ0) is 24.7. The molecule has 2 aromatic heterocycles. The van der Waals surface area contributed by atoms with E-state index in [2.05, 4.69) is 9.97 Å². The van der Waals surface area contributed by atoms with Crippen molar-refractivity contribution < 1.29 is 23.4 Å². The maximum absolute atomic E-state index is 15.3. The minimum absolute atomic E-state index is 0.0202. The van der Waals surface area contributed by atoms with Crippen molar-refractivity contribution >= 4 is 17.0 Å². The summed E-state index contributed by atoms with van der Waals surface area (Å²) < 4.78 is 26.9. The third-order valence-electron chi connectivity index (χ3n) is 6.17. The topological polar surface area (TPSA) is 88.7 Å². The summed E-state index contributed by atoms with van der Waals surface area (Å²) in [6.07, 6.45) is 1.38. The van der Waals surface area contributed by atoms with Gasteiger partial charge < -0.3 is 19.2 Å². The fraction of sp³-hybridized carbons (Fsp3) is 0.296. The van der Waals surface area contributed by atoms with Gasteiger partial charge in [0.25, 0.3) is 5.91 Å². The second-order valence-corrected chi connectivity index (χ2v) is 9.28. The van der Waals surface area contributed by atoms with Crippen molar-refractivity contribution in [1.82, 2.24) is 14.9 Å². The van der Waals surface area contributed by atoms with Crippen molar-refractivity contribution in [3.63, 3.8) is 0 Å². The van der Waals surface area contributed by atoms with E-state index in [1.165, 1.54) is 20.2 Å². The van der Waals surface area contributed by atoms with Gasteiger partial charge in [-0.3, -0.25) is 4.79 Å². The minimum atomic E-state index is -1.35. The van der Waals surface area contributed by atoms with E-state index in [1.807, 2.05) is 19.1 Å². The quantitative estimate of drug-likeness (QED) is 0.457. The number of fused-ring (bicyclic) bond motifs is 1. The molecule has 1 atom stereocenters. The number of carbonyl (C=O) groups is 1. The van der Waals surface area contributed by atoms with Crippen LogP contribution in [-0.4, -0.2) is 51.7 Å². The molecule has 35 heavy (non-hydrogen) atoms. The summed E-state index contributed by atoms with van der Waals surface area (Å²) in [6.45, 7) is 6.69. The first-order chi connectivity index (χ1) is 16.7. The van der Waals surface area contributed by atoms with Crippen LogP contribution in [0.5, 0.6) is 0 Å². The second-order valence-electron chi connectivity index (χ2n) is 9.28. The summed E-state index contributed by atoms with van der Waals surface area (Å²) in [5, 5.41) is 10.3. The van der Waals surface area contributed by atoms with Crippen LogP contribution in [-0.2, 0) is 10.3 Å². The smallest absolute Gasteiger partial charge is 0.254 e. The maximum Gasteiger partial charge on any atom is 0.254 e. The molecule has 3 heterocycles. The zero-order valence-corrected chi connectivity index (χ0v) is 19.8. The molecule has 0 aliphatic carbocycles. The van der Waals surface area contributed by atoms with Gasteiger partial charge in [0, 0.05) is 41.4 Å². The van der Waals surface area contributed by atoms with Crippen LogP contribution in [0.1, 0.15) is 36.7 Å².